The fraction of sp³-hybridized carbons (Fsp3) is 0.611. The first-order valence-corrected chi connectivity index (χ1v) is 12.1. The number of aromatic nitrogens is 1. The van der Waals surface area contributed by atoms with Crippen LogP contribution in [0, 0.1) is 15.3 Å². The van der Waals surface area contributed by atoms with Gasteiger partial charge in [0.15, 0.2) is 10.8 Å². The van der Waals surface area contributed by atoms with Crippen molar-refractivity contribution in [2.45, 2.75) is 44.6 Å². The van der Waals surface area contributed by atoms with Crippen LogP contribution in [0.4, 0.5) is 5.13 Å². The Bertz CT molecular complexity index is 899. The van der Waals surface area contributed by atoms with Crippen molar-refractivity contribution >= 4 is 63.3 Å². The van der Waals surface area contributed by atoms with Gasteiger partial charge in [0, 0.05) is 27.1 Å². The molecule has 2 N–H and O–H groups in total. The summed E-state index contributed by atoms with van der Waals surface area (Å²) in [4.78, 5) is 61.9. The molecule has 2 aliphatic rings. The zero-order valence-electron chi connectivity index (χ0n) is 17.9. The van der Waals surface area contributed by atoms with Gasteiger partial charge in [-0.2, -0.15) is 0 Å². The fourth-order valence-corrected chi connectivity index (χ4v) is 6.03. The number of rotatable bonds is 7. The number of β-lactam (4-membered cyclic amide) rings is 1. The zero-order valence-corrected chi connectivity index (χ0v) is 20.3. The number of oxime groups is 1. The summed E-state index contributed by atoms with van der Waals surface area (Å²) < 4.78 is 0. The van der Waals surface area contributed by atoms with Crippen molar-refractivity contribution in [1.29, 1.82) is 0 Å². The first kappa shape index (κ1) is 26.0. The molecular formula is C18H24ClN5O6S2. The molecule has 3 amide bonds. The van der Waals surface area contributed by atoms with Gasteiger partial charge in [-0.05, 0) is 18.8 Å². The lowest BCUT2D eigenvalue weighted by Crippen LogP contribution is -2.75. The first-order chi connectivity index (χ1) is 15.3. The molecule has 4 atom stereocenters. The van der Waals surface area contributed by atoms with Gasteiger partial charge in [0.25, 0.3) is 5.91 Å². The van der Waals surface area contributed by atoms with Gasteiger partial charge in [-0.15, -0.1) is 34.7 Å². The molecule has 32 heavy (non-hydrogen) atoms. The number of thiazole rings is 1. The standard InChI is InChI=1S/C18H24ClN5O4S2.O2/c1-5-18(3)8-30-16-13(15(27)24(16)9(18)2)22-14(26)12(23-28-4)10-7-29-17(20-10)21-11(25)6-19;1-2/h7,9,13,16H,5-6,8H2,1-4H3,(H,22,26)(H,20,21,25);/b23-12+;. The molecule has 2 saturated heterocycles. The topological polar surface area (TPSA) is 147 Å². The van der Waals surface area contributed by atoms with E-state index in [2.05, 4.69) is 41.5 Å². The van der Waals surface area contributed by atoms with E-state index in [4.69, 9.17) is 26.4 Å². The molecule has 176 valence electrons. The molecule has 0 radical (unpaired) electrons. The number of halogens is 1. The van der Waals surface area contributed by atoms with E-state index in [1.165, 1.54) is 7.11 Å². The molecular weight excluding hydrogens is 482 g/mol. The van der Waals surface area contributed by atoms with Crippen LogP contribution in [0.15, 0.2) is 10.5 Å². The van der Waals surface area contributed by atoms with Crippen molar-refractivity contribution in [2.75, 3.05) is 24.1 Å². The highest BCUT2D eigenvalue weighted by Gasteiger charge is 2.57. The number of hydrogen-bond donors (Lipinski definition) is 2. The van der Waals surface area contributed by atoms with Crippen LogP contribution in [0.25, 0.3) is 0 Å². The van der Waals surface area contributed by atoms with E-state index in [9.17, 15) is 14.4 Å². The Morgan fingerprint density at radius 1 is 1.44 bits per heavy atom. The van der Waals surface area contributed by atoms with Crippen molar-refractivity contribution < 1.29 is 19.2 Å². The number of thioether (sulfide) groups is 1. The van der Waals surface area contributed by atoms with Crippen molar-refractivity contribution in [3.8, 4) is 0 Å². The molecule has 3 heterocycles. The lowest BCUT2D eigenvalue weighted by Gasteiger charge is -2.58. The minimum atomic E-state index is -0.623. The molecule has 0 spiro atoms. The predicted molar refractivity (Wildman–Crippen MR) is 125 cm³/mol. The van der Waals surface area contributed by atoms with Gasteiger partial charge in [-0.25, -0.2) is 4.98 Å². The summed E-state index contributed by atoms with van der Waals surface area (Å²) >= 11 is 8.29. The highest BCUT2D eigenvalue weighted by molar-refractivity contribution is 8.00. The van der Waals surface area contributed by atoms with Gasteiger partial charge >= 0.3 is 0 Å². The first-order valence-electron chi connectivity index (χ1n) is 9.60. The average molecular weight is 506 g/mol. The largest absolute Gasteiger partial charge is 0.398 e. The third kappa shape index (κ3) is 5.04. The summed E-state index contributed by atoms with van der Waals surface area (Å²) in [7, 11) is 1.32. The second-order valence-electron chi connectivity index (χ2n) is 7.42. The molecule has 2 fully saturated rings. The maximum absolute atomic E-state index is 12.9. The number of carbonyl (C=O) groups is 3. The summed E-state index contributed by atoms with van der Waals surface area (Å²) in [6, 6.07) is -0.518. The monoisotopic (exact) mass is 505 g/mol. The summed E-state index contributed by atoms with van der Waals surface area (Å²) in [6.45, 7) is 6.38. The van der Waals surface area contributed by atoms with Crippen LogP contribution < -0.4 is 10.6 Å². The Morgan fingerprint density at radius 3 is 2.72 bits per heavy atom. The summed E-state index contributed by atoms with van der Waals surface area (Å²) in [6.07, 6.45) is 0.978. The van der Waals surface area contributed by atoms with Crippen LogP contribution >= 0.6 is 34.7 Å². The molecule has 0 aliphatic carbocycles. The van der Waals surface area contributed by atoms with Gasteiger partial charge in [0.1, 0.15) is 30.1 Å². The van der Waals surface area contributed by atoms with Crippen LogP contribution in [-0.4, -0.2) is 69.5 Å². The van der Waals surface area contributed by atoms with E-state index in [0.717, 1.165) is 23.5 Å². The van der Waals surface area contributed by atoms with Crippen molar-refractivity contribution in [1.82, 2.24) is 15.2 Å². The normalized spacial score (nSPS) is 26.8. The number of nitrogens with one attached hydrogen (secondary N) is 2. The maximum atomic E-state index is 12.9. The molecule has 14 heteroatoms. The minimum absolute atomic E-state index is 0.0545. The Kier molecular flexibility index (Phi) is 8.98. The summed E-state index contributed by atoms with van der Waals surface area (Å²) in [5, 5.41) is 10.8. The van der Waals surface area contributed by atoms with Crippen LogP contribution in [-0.2, 0) is 19.2 Å². The number of fused-ring (bicyclic) bond motifs is 1. The zero-order chi connectivity index (χ0) is 24.1. The Hall–Kier alpha value is -2.25. The average Bonchev–Trinajstić information content (AvgIpc) is 3.26. The second kappa shape index (κ2) is 11.1. The van der Waals surface area contributed by atoms with Crippen molar-refractivity contribution in [2.24, 2.45) is 10.6 Å². The van der Waals surface area contributed by atoms with Crippen LogP contribution in [0.1, 0.15) is 32.9 Å². The predicted octanol–water partition coefficient (Wildman–Crippen LogP) is 1.94. The molecule has 0 bridgehead atoms. The van der Waals surface area contributed by atoms with E-state index in [1.54, 1.807) is 17.1 Å². The Morgan fingerprint density at radius 2 is 2.12 bits per heavy atom. The minimum Gasteiger partial charge on any atom is -0.398 e. The molecule has 3 rings (SSSR count). The lowest BCUT2D eigenvalue weighted by molar-refractivity contribution is -0.155. The van der Waals surface area contributed by atoms with E-state index >= 15 is 0 Å². The fourth-order valence-electron chi connectivity index (χ4n) is 3.43. The molecule has 11 nitrogen and oxygen atoms in total. The second-order valence-corrected chi connectivity index (χ2v) is 9.65. The van der Waals surface area contributed by atoms with E-state index in [-0.39, 0.29) is 45.2 Å². The van der Waals surface area contributed by atoms with E-state index in [1.807, 2.05) is 4.90 Å². The van der Waals surface area contributed by atoms with Gasteiger partial charge < -0.3 is 20.4 Å². The Balaban J connectivity index is 0.00000176. The maximum Gasteiger partial charge on any atom is 0.276 e. The van der Waals surface area contributed by atoms with Crippen LogP contribution in [0.5, 0.6) is 0 Å². The highest BCUT2D eigenvalue weighted by atomic mass is 35.5. The number of hydrogen-bond acceptors (Lipinski definition) is 10. The summed E-state index contributed by atoms with van der Waals surface area (Å²) in [5.74, 6) is -0.357. The molecule has 1 aromatic rings. The smallest absolute Gasteiger partial charge is 0.276 e. The number of amides is 3. The van der Waals surface area contributed by atoms with Crippen LogP contribution in [0.2, 0.25) is 0 Å². The van der Waals surface area contributed by atoms with E-state index in [0.29, 0.717) is 0 Å². The lowest BCUT2D eigenvalue weighted by atomic mass is 9.79. The van der Waals surface area contributed by atoms with Gasteiger partial charge in [-0.1, -0.05) is 19.0 Å². The number of carbonyl (C=O) groups excluding carboxylic acids is 3. The highest BCUT2D eigenvalue weighted by Crippen LogP contribution is 2.47. The SMILES string of the molecule is CCC1(C)CSC2C(NC(=O)/C(=N/OC)c3csc(NC(=O)CCl)n3)C(=O)N2C1C.O=O. The summed E-state index contributed by atoms with van der Waals surface area (Å²) in [5.41, 5.74) is 0.216. The third-order valence-electron chi connectivity index (χ3n) is 5.70. The van der Waals surface area contributed by atoms with E-state index < -0.39 is 17.9 Å². The molecule has 0 saturated carbocycles. The molecule has 4 unspecified atom stereocenters. The number of alkyl halides is 1. The van der Waals surface area contributed by atoms with Gasteiger partial charge in [-0.3, -0.25) is 14.4 Å². The van der Waals surface area contributed by atoms with Crippen molar-refractivity contribution in [3.05, 3.63) is 21.0 Å². The van der Waals surface area contributed by atoms with Gasteiger partial charge in [0.2, 0.25) is 11.8 Å². The van der Waals surface area contributed by atoms with Crippen LogP contribution in [0.3, 0.4) is 0 Å². The third-order valence-corrected chi connectivity index (χ3v) is 8.36. The molecule has 1 aromatic heterocycles. The quantitative estimate of drug-likeness (QED) is 0.247. The van der Waals surface area contributed by atoms with Crippen molar-refractivity contribution in [3.63, 3.8) is 0 Å². The molecule has 2 aliphatic heterocycles. The van der Waals surface area contributed by atoms with Gasteiger partial charge in [0.05, 0.1) is 0 Å². The molecule has 0 aromatic carbocycles. The Labute approximate surface area is 197 Å². The number of nitrogens with zero attached hydrogens (tertiary/aromatic N) is 3. The number of anilines is 1.